The zero-order valence-electron chi connectivity index (χ0n) is 10.9. The van der Waals surface area contributed by atoms with Crippen LogP contribution in [0.4, 0.5) is 0 Å². The lowest BCUT2D eigenvalue weighted by molar-refractivity contribution is 0.0656. The van der Waals surface area contributed by atoms with Crippen molar-refractivity contribution >= 4 is 5.97 Å². The van der Waals surface area contributed by atoms with Crippen molar-refractivity contribution in [2.45, 2.75) is 57.8 Å². The first-order valence-electron chi connectivity index (χ1n) is 6.73. The predicted molar refractivity (Wildman–Crippen MR) is 65.8 cm³/mol. The summed E-state index contributed by atoms with van der Waals surface area (Å²) in [6.07, 6.45) is 5.46. The van der Waals surface area contributed by atoms with Crippen molar-refractivity contribution in [2.24, 2.45) is 5.41 Å². The number of nitrogens with zero attached hydrogens (tertiary/aromatic N) is 1. The first-order valence-corrected chi connectivity index (χ1v) is 6.73. The maximum absolute atomic E-state index is 11.2. The first kappa shape index (κ1) is 11.8. The van der Waals surface area contributed by atoms with E-state index < -0.39 is 5.97 Å². The Morgan fingerprint density at radius 2 is 2.11 bits per heavy atom. The van der Waals surface area contributed by atoms with Crippen molar-refractivity contribution in [3.8, 4) is 0 Å². The topological polar surface area (TPSA) is 63.3 Å². The summed E-state index contributed by atoms with van der Waals surface area (Å²) >= 11 is 0. The van der Waals surface area contributed by atoms with Crippen LogP contribution < -0.4 is 0 Å². The number of carboxylic acids is 1. The smallest absolute Gasteiger partial charge is 0.373 e. The number of aromatic nitrogens is 1. The van der Waals surface area contributed by atoms with Gasteiger partial charge in [0.2, 0.25) is 5.76 Å². The molecule has 1 unspecified atom stereocenters. The molecule has 0 aliphatic heterocycles. The zero-order valence-corrected chi connectivity index (χ0v) is 10.9. The minimum atomic E-state index is -0.980. The van der Waals surface area contributed by atoms with Crippen molar-refractivity contribution < 1.29 is 14.3 Å². The number of hydrogen-bond donors (Lipinski definition) is 1. The monoisotopic (exact) mass is 249 g/mol. The molecule has 4 heteroatoms. The van der Waals surface area contributed by atoms with Gasteiger partial charge >= 0.3 is 5.97 Å². The Morgan fingerprint density at radius 1 is 1.39 bits per heavy atom. The summed E-state index contributed by atoms with van der Waals surface area (Å²) < 4.78 is 5.59. The van der Waals surface area contributed by atoms with Gasteiger partial charge in [-0.3, -0.25) is 0 Å². The molecule has 2 aliphatic rings. The van der Waals surface area contributed by atoms with Crippen LogP contribution in [0.25, 0.3) is 0 Å². The van der Waals surface area contributed by atoms with E-state index in [-0.39, 0.29) is 17.1 Å². The highest BCUT2D eigenvalue weighted by Crippen LogP contribution is 2.50. The third kappa shape index (κ3) is 1.84. The molecule has 3 rings (SSSR count). The van der Waals surface area contributed by atoms with Crippen LogP contribution in [0.3, 0.4) is 0 Å². The maximum Gasteiger partial charge on any atom is 0.373 e. The molecule has 2 aliphatic carbocycles. The fourth-order valence-electron chi connectivity index (χ4n) is 3.07. The molecule has 98 valence electrons. The van der Waals surface area contributed by atoms with Gasteiger partial charge in [0.1, 0.15) is 0 Å². The van der Waals surface area contributed by atoms with E-state index in [4.69, 9.17) is 4.42 Å². The van der Waals surface area contributed by atoms with Crippen LogP contribution in [0.15, 0.2) is 4.42 Å². The molecular weight excluding hydrogens is 230 g/mol. The van der Waals surface area contributed by atoms with Crippen molar-refractivity contribution in [1.82, 2.24) is 4.98 Å². The molecule has 1 N–H and O–H groups in total. The van der Waals surface area contributed by atoms with Gasteiger partial charge < -0.3 is 9.52 Å². The van der Waals surface area contributed by atoms with Crippen LogP contribution in [0.2, 0.25) is 0 Å². The number of carboxylic acid groups (broad SMARTS) is 1. The van der Waals surface area contributed by atoms with Crippen LogP contribution in [0.1, 0.15) is 79.9 Å². The molecule has 0 saturated heterocycles. The zero-order chi connectivity index (χ0) is 12.9. The van der Waals surface area contributed by atoms with Gasteiger partial charge in [0.05, 0.1) is 5.69 Å². The van der Waals surface area contributed by atoms with Gasteiger partial charge in [0.15, 0.2) is 5.89 Å². The molecule has 0 spiro atoms. The molecular formula is C14H19NO3. The van der Waals surface area contributed by atoms with E-state index in [9.17, 15) is 9.90 Å². The molecule has 18 heavy (non-hydrogen) atoms. The molecule has 1 aromatic heterocycles. The number of aromatic carboxylic acids is 1. The summed E-state index contributed by atoms with van der Waals surface area (Å²) in [6, 6.07) is 0. The summed E-state index contributed by atoms with van der Waals surface area (Å²) in [5, 5.41) is 9.19. The molecule has 0 radical (unpaired) electrons. The van der Waals surface area contributed by atoms with Crippen LogP contribution in [-0.2, 0) is 0 Å². The summed E-state index contributed by atoms with van der Waals surface area (Å²) in [5.74, 6) is 0.333. The lowest BCUT2D eigenvalue weighted by atomic mass is 9.82. The van der Waals surface area contributed by atoms with Crippen molar-refractivity contribution in [1.29, 1.82) is 0 Å². The highest BCUT2D eigenvalue weighted by molar-refractivity contribution is 5.86. The molecule has 0 aromatic carbocycles. The van der Waals surface area contributed by atoms with Crippen molar-refractivity contribution in [3.63, 3.8) is 0 Å². The lowest BCUT2D eigenvalue weighted by Gasteiger charge is -2.23. The second-order valence-corrected chi connectivity index (χ2v) is 6.28. The predicted octanol–water partition coefficient (Wildman–Crippen LogP) is 3.54. The molecule has 1 aromatic rings. The van der Waals surface area contributed by atoms with Crippen molar-refractivity contribution in [2.75, 3.05) is 0 Å². The fraction of sp³-hybridized carbons (Fsp3) is 0.714. The Labute approximate surface area is 106 Å². The van der Waals surface area contributed by atoms with E-state index in [0.717, 1.165) is 25.7 Å². The highest BCUT2D eigenvalue weighted by Gasteiger charge is 2.41. The Morgan fingerprint density at radius 3 is 2.61 bits per heavy atom. The SMILES string of the molecule is CC1(C)CCCC1c1nc(C2CC2)c(C(=O)O)o1. The second kappa shape index (κ2) is 3.84. The van der Waals surface area contributed by atoms with E-state index >= 15 is 0 Å². The molecule has 1 heterocycles. The average Bonchev–Trinajstić information content (AvgIpc) is 2.93. The Kier molecular flexibility index (Phi) is 2.50. The largest absolute Gasteiger partial charge is 0.475 e. The molecule has 0 bridgehead atoms. The van der Waals surface area contributed by atoms with E-state index in [0.29, 0.717) is 17.5 Å². The Bertz CT molecular complexity index is 485. The number of rotatable bonds is 3. The van der Waals surface area contributed by atoms with E-state index in [1.807, 2.05) is 0 Å². The number of hydrogen-bond acceptors (Lipinski definition) is 3. The Balaban J connectivity index is 1.98. The molecule has 1 atom stereocenters. The van der Waals surface area contributed by atoms with Crippen molar-refractivity contribution in [3.05, 3.63) is 17.3 Å². The summed E-state index contributed by atoms with van der Waals surface area (Å²) in [5.41, 5.74) is 0.849. The van der Waals surface area contributed by atoms with E-state index in [1.165, 1.54) is 6.42 Å². The molecule has 2 saturated carbocycles. The van der Waals surface area contributed by atoms with Gasteiger partial charge in [-0.05, 0) is 31.1 Å². The summed E-state index contributed by atoms with van der Waals surface area (Å²) in [6.45, 7) is 4.43. The normalized spacial score (nSPS) is 26.4. The number of oxazole rings is 1. The van der Waals surface area contributed by atoms with Gasteiger partial charge in [-0.15, -0.1) is 0 Å². The third-order valence-electron chi connectivity index (χ3n) is 4.38. The minimum Gasteiger partial charge on any atom is -0.475 e. The van der Waals surface area contributed by atoms with E-state index in [2.05, 4.69) is 18.8 Å². The molecule has 0 amide bonds. The van der Waals surface area contributed by atoms with E-state index in [1.54, 1.807) is 0 Å². The van der Waals surface area contributed by atoms with Gasteiger partial charge in [-0.1, -0.05) is 20.3 Å². The van der Waals surface area contributed by atoms with Crippen LogP contribution in [0.5, 0.6) is 0 Å². The van der Waals surface area contributed by atoms with Crippen LogP contribution in [0, 0.1) is 5.41 Å². The first-order chi connectivity index (χ1) is 8.49. The van der Waals surface area contributed by atoms with Gasteiger partial charge in [-0.2, -0.15) is 0 Å². The maximum atomic E-state index is 11.2. The quantitative estimate of drug-likeness (QED) is 0.889. The molecule has 2 fully saturated rings. The number of carbonyl (C=O) groups is 1. The van der Waals surface area contributed by atoms with Crippen LogP contribution in [-0.4, -0.2) is 16.1 Å². The summed E-state index contributed by atoms with van der Waals surface area (Å²) in [4.78, 5) is 15.7. The van der Waals surface area contributed by atoms with Gasteiger partial charge in [0.25, 0.3) is 0 Å². The fourth-order valence-corrected chi connectivity index (χ4v) is 3.07. The Hall–Kier alpha value is -1.32. The van der Waals surface area contributed by atoms with Gasteiger partial charge in [-0.25, -0.2) is 9.78 Å². The third-order valence-corrected chi connectivity index (χ3v) is 4.38. The standard InChI is InChI=1S/C14H19NO3/c1-14(2)7-3-4-9(14)12-15-10(8-5-6-8)11(18-12)13(16)17/h8-9H,3-7H2,1-2H3,(H,16,17). The average molecular weight is 249 g/mol. The second-order valence-electron chi connectivity index (χ2n) is 6.28. The summed E-state index contributed by atoms with van der Waals surface area (Å²) in [7, 11) is 0. The van der Waals surface area contributed by atoms with Gasteiger partial charge in [0, 0.05) is 11.8 Å². The lowest BCUT2D eigenvalue weighted by Crippen LogP contribution is -2.15. The van der Waals surface area contributed by atoms with Crippen LogP contribution >= 0.6 is 0 Å². The highest BCUT2D eigenvalue weighted by atomic mass is 16.4. The minimum absolute atomic E-state index is 0.0789. The molecule has 4 nitrogen and oxygen atoms in total.